The first-order chi connectivity index (χ1) is 9.56. The van der Waals surface area contributed by atoms with Gasteiger partial charge in [-0.15, -0.1) is 0 Å². The van der Waals surface area contributed by atoms with E-state index in [1.54, 1.807) is 15.8 Å². The zero-order chi connectivity index (χ0) is 14.5. The number of para-hydroxylation sites is 1. The van der Waals surface area contributed by atoms with Gasteiger partial charge in [0.1, 0.15) is 0 Å². The summed E-state index contributed by atoms with van der Waals surface area (Å²) in [6.45, 7) is 0.580. The van der Waals surface area contributed by atoms with Crippen molar-refractivity contribution in [1.29, 1.82) is 0 Å². The third-order valence-electron chi connectivity index (χ3n) is 3.27. The molecule has 0 saturated carbocycles. The number of hydrogen-bond donors (Lipinski definition) is 1. The molecule has 0 atom stereocenters. The highest BCUT2D eigenvalue weighted by Crippen LogP contribution is 2.13. The van der Waals surface area contributed by atoms with E-state index in [2.05, 4.69) is 5.10 Å². The molecule has 0 saturated heterocycles. The third-order valence-corrected chi connectivity index (χ3v) is 3.27. The Labute approximate surface area is 119 Å². The average molecular weight is 272 g/mol. The highest BCUT2D eigenvalue weighted by atomic mass is 16.2. The predicted octanol–water partition coefficient (Wildman–Crippen LogP) is 1.59. The second-order valence-corrected chi connectivity index (χ2v) is 4.97. The lowest BCUT2D eigenvalue weighted by molar-refractivity contribution is -0.130. The average Bonchev–Trinajstić information content (AvgIpc) is 2.82. The molecule has 0 unspecified atom stereocenters. The maximum atomic E-state index is 12.1. The number of rotatable bonds is 5. The molecule has 2 aromatic rings. The van der Waals surface area contributed by atoms with Crippen molar-refractivity contribution in [3.63, 3.8) is 0 Å². The number of nitrogens with zero attached hydrogens (tertiary/aromatic N) is 3. The van der Waals surface area contributed by atoms with Crippen molar-refractivity contribution in [3.8, 4) is 0 Å². The van der Waals surface area contributed by atoms with Crippen LogP contribution < -0.4 is 5.73 Å². The van der Waals surface area contributed by atoms with Crippen LogP contribution in [0.15, 0.2) is 36.7 Å². The van der Waals surface area contributed by atoms with Crippen LogP contribution in [0.2, 0.25) is 0 Å². The quantitative estimate of drug-likeness (QED) is 0.841. The van der Waals surface area contributed by atoms with Crippen LogP contribution in [0.3, 0.4) is 0 Å². The Balaban J connectivity index is 1.87. The number of anilines is 1. The van der Waals surface area contributed by atoms with E-state index >= 15 is 0 Å². The summed E-state index contributed by atoms with van der Waals surface area (Å²) in [5.74, 6) is 0.108. The first kappa shape index (κ1) is 14.1. The number of benzene rings is 1. The number of nitrogen functional groups attached to an aromatic ring is 1. The van der Waals surface area contributed by atoms with Gasteiger partial charge < -0.3 is 10.6 Å². The summed E-state index contributed by atoms with van der Waals surface area (Å²) >= 11 is 0. The molecule has 5 heteroatoms. The third kappa shape index (κ3) is 3.60. The summed E-state index contributed by atoms with van der Waals surface area (Å²) in [6, 6.07) is 7.66. The SMILES string of the molecule is CN(Cc1cnn(C)c1)C(=O)CCc1ccccc1N. The van der Waals surface area contributed by atoms with Crippen molar-refractivity contribution in [2.24, 2.45) is 7.05 Å². The molecule has 0 radical (unpaired) electrons. The van der Waals surface area contributed by atoms with Gasteiger partial charge in [-0.2, -0.15) is 5.10 Å². The zero-order valence-electron chi connectivity index (χ0n) is 11.9. The van der Waals surface area contributed by atoms with Crippen molar-refractivity contribution < 1.29 is 4.79 Å². The lowest BCUT2D eigenvalue weighted by Crippen LogP contribution is -2.26. The molecule has 2 rings (SSSR count). The molecule has 0 aliphatic rings. The van der Waals surface area contributed by atoms with Crippen LogP contribution >= 0.6 is 0 Å². The lowest BCUT2D eigenvalue weighted by Gasteiger charge is -2.16. The van der Waals surface area contributed by atoms with Crippen molar-refractivity contribution in [2.75, 3.05) is 12.8 Å². The van der Waals surface area contributed by atoms with Crippen LogP contribution in [0.4, 0.5) is 5.69 Å². The Bertz CT molecular complexity index is 591. The Morgan fingerprint density at radius 1 is 1.40 bits per heavy atom. The molecular formula is C15H20N4O. The number of carbonyl (C=O) groups excluding carboxylic acids is 1. The van der Waals surface area contributed by atoms with Crippen LogP contribution in [0.1, 0.15) is 17.5 Å². The second-order valence-electron chi connectivity index (χ2n) is 4.97. The minimum absolute atomic E-state index is 0.108. The summed E-state index contributed by atoms with van der Waals surface area (Å²) in [6.07, 6.45) is 4.83. The molecular weight excluding hydrogens is 252 g/mol. The van der Waals surface area contributed by atoms with Gasteiger partial charge in [0.05, 0.1) is 6.20 Å². The van der Waals surface area contributed by atoms with Crippen LogP contribution in [-0.4, -0.2) is 27.6 Å². The number of carbonyl (C=O) groups is 1. The molecule has 0 aliphatic heterocycles. The Morgan fingerprint density at radius 2 is 2.15 bits per heavy atom. The molecule has 1 aromatic carbocycles. The molecule has 1 heterocycles. The molecule has 0 bridgehead atoms. The molecule has 0 fully saturated rings. The molecule has 1 aromatic heterocycles. The molecule has 106 valence electrons. The van der Waals surface area contributed by atoms with E-state index in [1.807, 2.05) is 44.6 Å². The molecule has 0 aliphatic carbocycles. The summed E-state index contributed by atoms with van der Waals surface area (Å²) in [4.78, 5) is 13.8. The highest BCUT2D eigenvalue weighted by Gasteiger charge is 2.11. The van der Waals surface area contributed by atoms with Gasteiger partial charge >= 0.3 is 0 Å². The van der Waals surface area contributed by atoms with Crippen LogP contribution in [0, 0.1) is 0 Å². The van der Waals surface area contributed by atoms with Crippen LogP contribution in [0.25, 0.3) is 0 Å². The molecule has 5 nitrogen and oxygen atoms in total. The smallest absolute Gasteiger partial charge is 0.222 e. The van der Waals surface area contributed by atoms with E-state index in [1.165, 1.54) is 0 Å². The lowest BCUT2D eigenvalue weighted by atomic mass is 10.1. The minimum atomic E-state index is 0.108. The summed E-state index contributed by atoms with van der Waals surface area (Å²) < 4.78 is 1.73. The minimum Gasteiger partial charge on any atom is -0.399 e. The second kappa shape index (κ2) is 6.23. The van der Waals surface area contributed by atoms with E-state index in [0.29, 0.717) is 19.4 Å². The first-order valence-corrected chi connectivity index (χ1v) is 6.61. The van der Waals surface area contributed by atoms with Gasteiger partial charge in [0.2, 0.25) is 5.91 Å². The molecule has 1 amide bonds. The van der Waals surface area contributed by atoms with Gasteiger partial charge in [-0.1, -0.05) is 18.2 Å². The monoisotopic (exact) mass is 272 g/mol. The Hall–Kier alpha value is -2.30. The molecule has 0 spiro atoms. The van der Waals surface area contributed by atoms with E-state index in [0.717, 1.165) is 16.8 Å². The Morgan fingerprint density at radius 3 is 2.80 bits per heavy atom. The number of aromatic nitrogens is 2. The fourth-order valence-electron chi connectivity index (χ4n) is 2.11. The maximum Gasteiger partial charge on any atom is 0.222 e. The number of hydrogen-bond acceptors (Lipinski definition) is 3. The standard InChI is InChI=1S/C15H20N4O/c1-18(10-12-9-17-19(2)11-12)15(20)8-7-13-5-3-4-6-14(13)16/h3-6,9,11H,7-8,10,16H2,1-2H3. The largest absolute Gasteiger partial charge is 0.399 e. The van der Waals surface area contributed by atoms with E-state index in [9.17, 15) is 4.79 Å². The van der Waals surface area contributed by atoms with Gasteiger partial charge in [0, 0.05) is 44.5 Å². The zero-order valence-corrected chi connectivity index (χ0v) is 11.9. The highest BCUT2D eigenvalue weighted by molar-refractivity contribution is 5.76. The van der Waals surface area contributed by atoms with Crippen LogP contribution in [0.5, 0.6) is 0 Å². The fourth-order valence-corrected chi connectivity index (χ4v) is 2.11. The first-order valence-electron chi connectivity index (χ1n) is 6.61. The topological polar surface area (TPSA) is 64.2 Å². The van der Waals surface area contributed by atoms with E-state index < -0.39 is 0 Å². The number of aryl methyl sites for hydroxylation is 2. The van der Waals surface area contributed by atoms with E-state index in [4.69, 9.17) is 5.73 Å². The van der Waals surface area contributed by atoms with Gasteiger partial charge in [-0.05, 0) is 18.1 Å². The van der Waals surface area contributed by atoms with Crippen molar-refractivity contribution in [1.82, 2.24) is 14.7 Å². The normalized spacial score (nSPS) is 10.5. The number of nitrogens with two attached hydrogens (primary N) is 1. The van der Waals surface area contributed by atoms with Gasteiger partial charge in [-0.25, -0.2) is 0 Å². The fraction of sp³-hybridized carbons (Fsp3) is 0.333. The summed E-state index contributed by atoms with van der Waals surface area (Å²) in [5.41, 5.74) is 8.67. The predicted molar refractivity (Wildman–Crippen MR) is 78.9 cm³/mol. The summed E-state index contributed by atoms with van der Waals surface area (Å²) in [5, 5.41) is 4.10. The maximum absolute atomic E-state index is 12.1. The van der Waals surface area contributed by atoms with Gasteiger partial charge in [0.25, 0.3) is 0 Å². The van der Waals surface area contributed by atoms with Gasteiger partial charge in [-0.3, -0.25) is 9.48 Å². The molecule has 20 heavy (non-hydrogen) atoms. The van der Waals surface area contributed by atoms with E-state index in [-0.39, 0.29) is 5.91 Å². The van der Waals surface area contributed by atoms with Crippen molar-refractivity contribution >= 4 is 11.6 Å². The van der Waals surface area contributed by atoms with Crippen LogP contribution in [-0.2, 0) is 24.8 Å². The number of amides is 1. The van der Waals surface area contributed by atoms with Crippen molar-refractivity contribution in [3.05, 3.63) is 47.8 Å². The summed E-state index contributed by atoms with van der Waals surface area (Å²) in [7, 11) is 3.67. The Kier molecular flexibility index (Phi) is 4.40. The van der Waals surface area contributed by atoms with Gasteiger partial charge in [0.15, 0.2) is 0 Å². The molecule has 2 N–H and O–H groups in total. The van der Waals surface area contributed by atoms with Crippen molar-refractivity contribution in [2.45, 2.75) is 19.4 Å².